The zero-order chi connectivity index (χ0) is 19.8. The number of hydrogen-bond donors (Lipinski definition) is 1. The number of rotatable bonds is 8. The van der Waals surface area contributed by atoms with Crippen LogP contribution in [-0.4, -0.2) is 30.5 Å². The molecule has 0 spiro atoms. The summed E-state index contributed by atoms with van der Waals surface area (Å²) in [6.07, 6.45) is 0. The van der Waals surface area contributed by atoms with Crippen molar-refractivity contribution in [2.75, 3.05) is 12.9 Å². The van der Waals surface area contributed by atoms with Crippen LogP contribution in [0, 0.1) is 0 Å². The molecule has 0 unspecified atom stereocenters. The molecule has 0 saturated heterocycles. The summed E-state index contributed by atoms with van der Waals surface area (Å²) in [6, 6.07) is 12.0. The molecular weight excluding hydrogens is 388 g/mol. The number of ether oxygens (including phenoxy) is 1. The maximum absolute atomic E-state index is 12.1. The molecule has 2 aromatic rings. The van der Waals surface area contributed by atoms with Crippen molar-refractivity contribution in [3.8, 4) is 5.75 Å². The maximum atomic E-state index is 12.1. The van der Waals surface area contributed by atoms with Crippen LogP contribution >= 0.6 is 23.4 Å². The Kier molecular flexibility index (Phi) is 7.69. The Morgan fingerprint density at radius 3 is 2.67 bits per heavy atom. The van der Waals surface area contributed by atoms with Crippen LogP contribution in [0.2, 0.25) is 5.02 Å². The van der Waals surface area contributed by atoms with Gasteiger partial charge in [0.05, 0.1) is 18.8 Å². The van der Waals surface area contributed by atoms with E-state index in [1.54, 1.807) is 44.4 Å². The van der Waals surface area contributed by atoms with Crippen molar-refractivity contribution < 1.29 is 19.4 Å². The smallest absolute Gasteiger partial charge is 0.271 e. The van der Waals surface area contributed by atoms with Crippen LogP contribution in [0.15, 0.2) is 47.6 Å². The van der Waals surface area contributed by atoms with Gasteiger partial charge in [0, 0.05) is 27.7 Å². The van der Waals surface area contributed by atoms with Gasteiger partial charge in [-0.3, -0.25) is 4.79 Å². The molecule has 0 aromatic heterocycles. The monoisotopic (exact) mass is 405 g/mol. The third-order valence-corrected chi connectivity index (χ3v) is 4.78. The highest BCUT2D eigenvalue weighted by Crippen LogP contribution is 2.25. The number of carboxylic acids is 1. The molecule has 142 valence electrons. The molecule has 0 heterocycles. The predicted octanol–water partition coefficient (Wildman–Crippen LogP) is 2.49. The largest absolute Gasteiger partial charge is 0.549 e. The predicted molar refractivity (Wildman–Crippen MR) is 105 cm³/mol. The highest BCUT2D eigenvalue weighted by Gasteiger charge is 2.09. The number of thioether (sulfide) groups is 1. The molecule has 0 bridgehead atoms. The second-order valence-corrected chi connectivity index (χ2v) is 6.96. The van der Waals surface area contributed by atoms with Gasteiger partial charge in [-0.05, 0) is 48.9 Å². The molecule has 1 amide bonds. The highest BCUT2D eigenvalue weighted by molar-refractivity contribution is 7.99. The van der Waals surface area contributed by atoms with Crippen LogP contribution in [0.4, 0.5) is 0 Å². The van der Waals surface area contributed by atoms with E-state index in [4.69, 9.17) is 16.3 Å². The number of benzene rings is 2. The van der Waals surface area contributed by atoms with Gasteiger partial charge in [0.25, 0.3) is 5.91 Å². The minimum Gasteiger partial charge on any atom is -0.549 e. The fourth-order valence-corrected chi connectivity index (χ4v) is 3.16. The quantitative estimate of drug-likeness (QED) is 0.538. The third kappa shape index (κ3) is 6.30. The number of aliphatic carboxylic acids is 1. The number of methoxy groups -OCH3 is 1. The summed E-state index contributed by atoms with van der Waals surface area (Å²) in [7, 11) is 1.55. The van der Waals surface area contributed by atoms with Crippen LogP contribution in [0.5, 0.6) is 5.75 Å². The molecule has 0 aliphatic rings. The Labute approximate surface area is 166 Å². The van der Waals surface area contributed by atoms with Gasteiger partial charge in [-0.2, -0.15) is 16.9 Å². The second kappa shape index (κ2) is 9.99. The van der Waals surface area contributed by atoms with Crippen molar-refractivity contribution in [2.24, 2.45) is 5.10 Å². The van der Waals surface area contributed by atoms with E-state index >= 15 is 0 Å². The minimum absolute atomic E-state index is 0.101. The lowest BCUT2D eigenvalue weighted by molar-refractivity contribution is -0.301. The molecule has 1 N–H and O–H groups in total. The van der Waals surface area contributed by atoms with Crippen LogP contribution in [0.3, 0.4) is 0 Å². The molecule has 8 heteroatoms. The Balaban J connectivity index is 2.12. The van der Waals surface area contributed by atoms with Gasteiger partial charge in [-0.15, -0.1) is 0 Å². The molecule has 0 atom stereocenters. The SMILES string of the molecule is COc1ccc(/C(C)=N\NC(=O)c2cccc(Cl)c2)cc1CSCC(=O)[O-]. The van der Waals surface area contributed by atoms with E-state index in [1.807, 2.05) is 12.1 Å². The summed E-state index contributed by atoms with van der Waals surface area (Å²) in [6.45, 7) is 1.76. The van der Waals surface area contributed by atoms with E-state index < -0.39 is 5.97 Å². The standard InChI is InChI=1S/C19H19ClN2O4S/c1-12(21-22-19(25)14-4-3-5-16(20)9-14)13-6-7-17(26-2)15(8-13)10-27-11-18(23)24/h3-9H,10-11H2,1-2H3,(H,22,25)(H,23,24)/p-1/b21-12-. The molecule has 0 fully saturated rings. The van der Waals surface area contributed by atoms with E-state index in [-0.39, 0.29) is 11.7 Å². The van der Waals surface area contributed by atoms with Crippen molar-refractivity contribution in [3.05, 3.63) is 64.2 Å². The summed E-state index contributed by atoms with van der Waals surface area (Å²) in [5.74, 6) is -0.476. The molecule has 2 aromatic carbocycles. The fraction of sp³-hybridized carbons (Fsp3) is 0.211. The summed E-state index contributed by atoms with van der Waals surface area (Å²) < 4.78 is 5.31. The average Bonchev–Trinajstić information content (AvgIpc) is 2.65. The zero-order valence-electron chi connectivity index (χ0n) is 14.8. The van der Waals surface area contributed by atoms with Crippen LogP contribution in [-0.2, 0) is 10.5 Å². The zero-order valence-corrected chi connectivity index (χ0v) is 16.4. The molecule has 27 heavy (non-hydrogen) atoms. The van der Waals surface area contributed by atoms with Gasteiger partial charge in [-0.25, -0.2) is 5.43 Å². The van der Waals surface area contributed by atoms with Gasteiger partial charge < -0.3 is 14.6 Å². The van der Waals surface area contributed by atoms with E-state index in [9.17, 15) is 14.7 Å². The van der Waals surface area contributed by atoms with Crippen molar-refractivity contribution in [1.82, 2.24) is 5.43 Å². The number of nitrogens with one attached hydrogen (secondary N) is 1. The van der Waals surface area contributed by atoms with E-state index in [0.717, 1.165) is 11.1 Å². The molecule has 0 saturated carbocycles. The average molecular weight is 406 g/mol. The van der Waals surface area contributed by atoms with Gasteiger partial charge in [0.2, 0.25) is 0 Å². The van der Waals surface area contributed by atoms with Crippen molar-refractivity contribution in [3.63, 3.8) is 0 Å². The number of hydrogen-bond acceptors (Lipinski definition) is 6. The first-order valence-corrected chi connectivity index (χ1v) is 9.49. The fourth-order valence-electron chi connectivity index (χ4n) is 2.25. The Morgan fingerprint density at radius 2 is 2.00 bits per heavy atom. The molecule has 0 aliphatic carbocycles. The molecule has 2 rings (SSSR count). The lowest BCUT2D eigenvalue weighted by atomic mass is 10.1. The van der Waals surface area contributed by atoms with Crippen molar-refractivity contribution in [1.29, 1.82) is 0 Å². The topological polar surface area (TPSA) is 90.8 Å². The number of nitrogens with zero attached hydrogens (tertiary/aromatic N) is 1. The van der Waals surface area contributed by atoms with E-state index in [1.165, 1.54) is 11.8 Å². The number of halogens is 1. The number of carbonyl (C=O) groups is 2. The first kappa shape index (κ1) is 20.8. The van der Waals surface area contributed by atoms with Gasteiger partial charge in [0.15, 0.2) is 0 Å². The summed E-state index contributed by atoms with van der Waals surface area (Å²) in [5.41, 5.74) is 5.12. The number of carboxylic acid groups (broad SMARTS) is 1. The maximum Gasteiger partial charge on any atom is 0.271 e. The number of carbonyl (C=O) groups excluding carboxylic acids is 2. The minimum atomic E-state index is -1.11. The van der Waals surface area contributed by atoms with Crippen LogP contribution in [0.1, 0.15) is 28.4 Å². The summed E-state index contributed by atoms with van der Waals surface area (Å²) in [5, 5.41) is 15.2. The molecule has 6 nitrogen and oxygen atoms in total. The lowest BCUT2D eigenvalue weighted by Gasteiger charge is -2.11. The first-order chi connectivity index (χ1) is 12.9. The van der Waals surface area contributed by atoms with Crippen molar-refractivity contribution in [2.45, 2.75) is 12.7 Å². The van der Waals surface area contributed by atoms with E-state index in [0.29, 0.717) is 27.8 Å². The first-order valence-electron chi connectivity index (χ1n) is 7.95. The van der Waals surface area contributed by atoms with Gasteiger partial charge in [-0.1, -0.05) is 17.7 Å². The van der Waals surface area contributed by atoms with Crippen LogP contribution in [0.25, 0.3) is 0 Å². The molecular formula is C19H18ClN2O4S-. The summed E-state index contributed by atoms with van der Waals surface area (Å²) in [4.78, 5) is 22.7. The summed E-state index contributed by atoms with van der Waals surface area (Å²) >= 11 is 7.10. The third-order valence-electron chi connectivity index (χ3n) is 3.59. The Bertz CT molecular complexity index is 871. The van der Waals surface area contributed by atoms with Crippen LogP contribution < -0.4 is 15.3 Å². The molecule has 0 radical (unpaired) electrons. The molecule has 0 aliphatic heterocycles. The lowest BCUT2D eigenvalue weighted by Crippen LogP contribution is -2.24. The Morgan fingerprint density at radius 1 is 1.22 bits per heavy atom. The second-order valence-electron chi connectivity index (χ2n) is 5.54. The number of hydrazone groups is 1. The van der Waals surface area contributed by atoms with Gasteiger partial charge in [0.1, 0.15) is 5.75 Å². The normalized spacial score (nSPS) is 11.1. The van der Waals surface area contributed by atoms with E-state index in [2.05, 4.69) is 10.5 Å². The van der Waals surface area contributed by atoms with Gasteiger partial charge >= 0.3 is 0 Å². The number of amides is 1. The van der Waals surface area contributed by atoms with Crippen molar-refractivity contribution >= 4 is 41.0 Å². The Hall–Kier alpha value is -2.51. The highest BCUT2D eigenvalue weighted by atomic mass is 35.5.